The molecular formula is C21H25N3O. The number of benzene rings is 1. The molecular weight excluding hydrogens is 310 g/mol. The molecule has 0 amide bonds. The minimum absolute atomic E-state index is 0.250. The van der Waals surface area contributed by atoms with Gasteiger partial charge in [-0.15, -0.1) is 0 Å². The molecule has 0 saturated heterocycles. The van der Waals surface area contributed by atoms with E-state index in [4.69, 9.17) is 9.72 Å². The Kier molecular flexibility index (Phi) is 5.06. The highest BCUT2D eigenvalue weighted by Crippen LogP contribution is 2.34. The smallest absolute Gasteiger partial charge is 0.144 e. The van der Waals surface area contributed by atoms with Crippen molar-refractivity contribution in [1.29, 1.82) is 5.26 Å². The number of fused-ring (bicyclic) bond motifs is 1. The molecule has 130 valence electrons. The average Bonchev–Trinajstić information content (AvgIpc) is 2.60. The SMILES string of the molecule is CCCc1nc(NCc2ccccc2)c(C#N)c2c1COC(C)(C)C2. The molecule has 0 fully saturated rings. The van der Waals surface area contributed by atoms with Crippen LogP contribution in [0.4, 0.5) is 5.82 Å². The highest BCUT2D eigenvalue weighted by molar-refractivity contribution is 5.60. The summed E-state index contributed by atoms with van der Waals surface area (Å²) in [7, 11) is 0. The third-order valence-electron chi connectivity index (χ3n) is 4.61. The van der Waals surface area contributed by atoms with Crippen molar-refractivity contribution < 1.29 is 4.74 Å². The average molecular weight is 335 g/mol. The van der Waals surface area contributed by atoms with Crippen LogP contribution in [0.3, 0.4) is 0 Å². The maximum Gasteiger partial charge on any atom is 0.144 e. The largest absolute Gasteiger partial charge is 0.370 e. The highest BCUT2D eigenvalue weighted by atomic mass is 16.5. The van der Waals surface area contributed by atoms with Crippen LogP contribution >= 0.6 is 0 Å². The van der Waals surface area contributed by atoms with Gasteiger partial charge >= 0.3 is 0 Å². The number of pyridine rings is 1. The van der Waals surface area contributed by atoms with E-state index in [1.54, 1.807) is 0 Å². The van der Waals surface area contributed by atoms with Crippen LogP contribution in [-0.2, 0) is 30.7 Å². The third kappa shape index (κ3) is 3.83. The molecule has 2 aromatic rings. The fourth-order valence-electron chi connectivity index (χ4n) is 3.31. The van der Waals surface area contributed by atoms with Crippen molar-refractivity contribution in [2.45, 2.75) is 58.8 Å². The summed E-state index contributed by atoms with van der Waals surface area (Å²) in [5, 5.41) is 13.2. The second-order valence-corrected chi connectivity index (χ2v) is 7.17. The first kappa shape index (κ1) is 17.4. The molecule has 0 radical (unpaired) electrons. The summed E-state index contributed by atoms with van der Waals surface area (Å²) >= 11 is 0. The van der Waals surface area contributed by atoms with Crippen molar-refractivity contribution in [2.75, 3.05) is 5.32 Å². The lowest BCUT2D eigenvalue weighted by molar-refractivity contribution is -0.0407. The summed E-state index contributed by atoms with van der Waals surface area (Å²) in [6.07, 6.45) is 2.66. The maximum absolute atomic E-state index is 9.79. The van der Waals surface area contributed by atoms with E-state index in [2.05, 4.69) is 44.3 Å². The summed E-state index contributed by atoms with van der Waals surface area (Å²) in [5.74, 6) is 0.700. The summed E-state index contributed by atoms with van der Waals surface area (Å²) in [6, 6.07) is 12.6. The van der Waals surface area contributed by atoms with Gasteiger partial charge in [-0.05, 0) is 31.4 Å². The minimum Gasteiger partial charge on any atom is -0.370 e. The number of anilines is 1. The first-order valence-electron chi connectivity index (χ1n) is 8.90. The quantitative estimate of drug-likeness (QED) is 0.881. The lowest BCUT2D eigenvalue weighted by Crippen LogP contribution is -2.33. The van der Waals surface area contributed by atoms with Crippen LogP contribution in [0.2, 0.25) is 0 Å². The van der Waals surface area contributed by atoms with Crippen molar-refractivity contribution in [3.05, 3.63) is 58.3 Å². The molecule has 1 N–H and O–H groups in total. The number of nitriles is 1. The summed E-state index contributed by atoms with van der Waals surface area (Å²) in [6.45, 7) is 7.50. The van der Waals surface area contributed by atoms with Crippen LogP contribution in [0.5, 0.6) is 0 Å². The van der Waals surface area contributed by atoms with Gasteiger partial charge in [0.25, 0.3) is 0 Å². The zero-order valence-electron chi connectivity index (χ0n) is 15.2. The monoisotopic (exact) mass is 335 g/mol. The highest BCUT2D eigenvalue weighted by Gasteiger charge is 2.31. The van der Waals surface area contributed by atoms with Gasteiger partial charge in [0.15, 0.2) is 0 Å². The zero-order valence-corrected chi connectivity index (χ0v) is 15.2. The standard InChI is InChI=1S/C21H25N3O/c1-4-8-19-18-14-25-21(2,3)11-16(18)17(12-22)20(24-19)23-13-15-9-6-5-7-10-15/h5-7,9-10H,4,8,11,13-14H2,1-3H3,(H,23,24). The van der Waals surface area contributed by atoms with E-state index in [0.717, 1.165) is 36.1 Å². The van der Waals surface area contributed by atoms with Crippen LogP contribution in [0.25, 0.3) is 0 Å². The molecule has 2 heterocycles. The first-order chi connectivity index (χ1) is 12.0. The van der Waals surface area contributed by atoms with Crippen LogP contribution in [0, 0.1) is 11.3 Å². The Hall–Kier alpha value is -2.38. The Bertz CT molecular complexity index is 791. The van der Waals surface area contributed by atoms with Crippen LogP contribution in [0.15, 0.2) is 30.3 Å². The lowest BCUT2D eigenvalue weighted by atomic mass is 9.87. The Morgan fingerprint density at radius 2 is 2.00 bits per heavy atom. The van der Waals surface area contributed by atoms with Gasteiger partial charge in [0.1, 0.15) is 11.9 Å². The Morgan fingerprint density at radius 3 is 2.68 bits per heavy atom. The van der Waals surface area contributed by atoms with Crippen LogP contribution in [0.1, 0.15) is 55.1 Å². The van der Waals surface area contributed by atoms with E-state index in [-0.39, 0.29) is 5.60 Å². The molecule has 0 aliphatic carbocycles. The molecule has 4 heteroatoms. The first-order valence-corrected chi connectivity index (χ1v) is 8.90. The van der Waals surface area contributed by atoms with Crippen LogP contribution < -0.4 is 5.32 Å². The Morgan fingerprint density at radius 1 is 1.24 bits per heavy atom. The number of rotatable bonds is 5. The number of aryl methyl sites for hydroxylation is 1. The molecule has 1 aromatic heterocycles. The molecule has 0 spiro atoms. The van der Waals surface area contributed by atoms with Gasteiger partial charge in [-0.2, -0.15) is 5.26 Å². The molecule has 0 atom stereocenters. The van der Waals surface area contributed by atoms with Gasteiger partial charge in [0, 0.05) is 24.2 Å². The number of nitrogens with one attached hydrogen (secondary N) is 1. The minimum atomic E-state index is -0.250. The number of hydrogen-bond donors (Lipinski definition) is 1. The van der Waals surface area contributed by atoms with Gasteiger partial charge in [-0.1, -0.05) is 43.7 Å². The molecule has 0 saturated carbocycles. The molecule has 4 nitrogen and oxygen atoms in total. The molecule has 3 rings (SSSR count). The number of aromatic nitrogens is 1. The third-order valence-corrected chi connectivity index (χ3v) is 4.61. The fraction of sp³-hybridized carbons (Fsp3) is 0.429. The lowest BCUT2D eigenvalue weighted by Gasteiger charge is -2.33. The predicted octanol–water partition coefficient (Wildman–Crippen LogP) is 4.37. The van der Waals surface area contributed by atoms with Crippen molar-refractivity contribution in [3.63, 3.8) is 0 Å². The Labute approximate surface area is 149 Å². The summed E-state index contributed by atoms with van der Waals surface area (Å²) in [4.78, 5) is 4.80. The van der Waals surface area contributed by atoms with Crippen LogP contribution in [-0.4, -0.2) is 10.6 Å². The second kappa shape index (κ2) is 7.25. The van der Waals surface area contributed by atoms with E-state index in [0.29, 0.717) is 24.5 Å². The predicted molar refractivity (Wildman–Crippen MR) is 99.3 cm³/mol. The van der Waals surface area contributed by atoms with E-state index in [9.17, 15) is 5.26 Å². The Balaban J connectivity index is 1.99. The van der Waals surface area contributed by atoms with Gasteiger partial charge < -0.3 is 10.1 Å². The van der Waals surface area contributed by atoms with Crippen molar-refractivity contribution in [1.82, 2.24) is 4.98 Å². The van der Waals surface area contributed by atoms with Gasteiger partial charge in [0.05, 0.1) is 17.8 Å². The van der Waals surface area contributed by atoms with Gasteiger partial charge in [0.2, 0.25) is 0 Å². The molecule has 1 aliphatic rings. The molecule has 0 unspecified atom stereocenters. The van der Waals surface area contributed by atoms with E-state index >= 15 is 0 Å². The molecule has 0 bridgehead atoms. The van der Waals surface area contributed by atoms with Crippen molar-refractivity contribution >= 4 is 5.82 Å². The summed E-state index contributed by atoms with van der Waals surface area (Å²) < 4.78 is 5.98. The number of hydrogen-bond acceptors (Lipinski definition) is 4. The number of nitrogens with zero attached hydrogens (tertiary/aromatic N) is 2. The fourth-order valence-corrected chi connectivity index (χ4v) is 3.31. The zero-order chi connectivity index (χ0) is 17.9. The van der Waals surface area contributed by atoms with Crippen molar-refractivity contribution in [3.8, 4) is 6.07 Å². The second-order valence-electron chi connectivity index (χ2n) is 7.17. The molecule has 1 aliphatic heterocycles. The van der Waals surface area contributed by atoms with E-state index in [1.807, 2.05) is 18.2 Å². The topological polar surface area (TPSA) is 57.9 Å². The molecule has 1 aromatic carbocycles. The number of ether oxygens (including phenoxy) is 1. The molecule has 25 heavy (non-hydrogen) atoms. The summed E-state index contributed by atoms with van der Waals surface area (Å²) in [5.41, 5.74) is 4.87. The van der Waals surface area contributed by atoms with E-state index in [1.165, 1.54) is 5.56 Å². The normalized spacial score (nSPS) is 15.3. The van der Waals surface area contributed by atoms with Gasteiger partial charge in [-0.25, -0.2) is 4.98 Å². The maximum atomic E-state index is 9.79. The van der Waals surface area contributed by atoms with Gasteiger partial charge in [-0.3, -0.25) is 0 Å². The van der Waals surface area contributed by atoms with Crippen molar-refractivity contribution in [2.24, 2.45) is 0 Å². The van der Waals surface area contributed by atoms with E-state index < -0.39 is 0 Å².